The SMILES string of the molecule is Fc1cc(CNCC2Cc3ccccc3O2)ccc1Br. The Kier molecular flexibility index (Phi) is 4.03. The van der Waals surface area contributed by atoms with Crippen molar-refractivity contribution < 1.29 is 9.13 Å². The maximum atomic E-state index is 13.4. The van der Waals surface area contributed by atoms with Crippen LogP contribution < -0.4 is 10.1 Å². The molecule has 3 rings (SSSR count). The maximum Gasteiger partial charge on any atom is 0.137 e. The number of halogens is 2. The molecule has 0 aromatic heterocycles. The Bertz CT molecular complexity index is 592. The number of rotatable bonds is 4. The third-order valence-corrected chi connectivity index (χ3v) is 4.04. The highest BCUT2D eigenvalue weighted by molar-refractivity contribution is 9.10. The number of hydrogen-bond acceptors (Lipinski definition) is 2. The molecule has 1 aliphatic rings. The Morgan fingerprint density at radius 1 is 1.25 bits per heavy atom. The van der Waals surface area contributed by atoms with Gasteiger partial charge in [0.25, 0.3) is 0 Å². The van der Waals surface area contributed by atoms with E-state index >= 15 is 0 Å². The van der Waals surface area contributed by atoms with E-state index in [0.717, 1.165) is 24.3 Å². The number of fused-ring (bicyclic) bond motifs is 1. The van der Waals surface area contributed by atoms with Gasteiger partial charge in [0.1, 0.15) is 17.7 Å². The number of nitrogens with one attached hydrogen (secondary N) is 1. The largest absolute Gasteiger partial charge is 0.488 e. The zero-order valence-corrected chi connectivity index (χ0v) is 12.5. The molecule has 1 aliphatic heterocycles. The molecule has 1 N–H and O–H groups in total. The molecular formula is C16H15BrFNO. The molecule has 4 heteroatoms. The Hall–Kier alpha value is -1.39. The highest BCUT2D eigenvalue weighted by atomic mass is 79.9. The molecule has 2 nitrogen and oxygen atoms in total. The molecule has 0 radical (unpaired) electrons. The first-order valence-corrected chi connectivity index (χ1v) is 7.41. The van der Waals surface area contributed by atoms with Gasteiger partial charge >= 0.3 is 0 Å². The van der Waals surface area contributed by atoms with E-state index < -0.39 is 0 Å². The van der Waals surface area contributed by atoms with Gasteiger partial charge < -0.3 is 10.1 Å². The van der Waals surface area contributed by atoms with Crippen LogP contribution in [0.5, 0.6) is 5.75 Å². The van der Waals surface area contributed by atoms with Gasteiger partial charge in [-0.25, -0.2) is 4.39 Å². The fraction of sp³-hybridized carbons (Fsp3) is 0.250. The van der Waals surface area contributed by atoms with Gasteiger partial charge in [0, 0.05) is 19.5 Å². The quantitative estimate of drug-likeness (QED) is 0.920. The van der Waals surface area contributed by atoms with Gasteiger partial charge in [-0.2, -0.15) is 0 Å². The average Bonchev–Trinajstić information content (AvgIpc) is 2.85. The van der Waals surface area contributed by atoms with Crippen LogP contribution in [0, 0.1) is 5.82 Å². The van der Waals surface area contributed by atoms with E-state index in [2.05, 4.69) is 27.3 Å². The van der Waals surface area contributed by atoms with E-state index in [0.29, 0.717) is 11.0 Å². The van der Waals surface area contributed by atoms with Crippen LogP contribution in [0.3, 0.4) is 0 Å². The lowest BCUT2D eigenvalue weighted by molar-refractivity contribution is 0.227. The van der Waals surface area contributed by atoms with Crippen molar-refractivity contribution in [1.82, 2.24) is 5.32 Å². The van der Waals surface area contributed by atoms with Crippen molar-refractivity contribution in [3.05, 3.63) is 63.9 Å². The minimum Gasteiger partial charge on any atom is -0.488 e. The summed E-state index contributed by atoms with van der Waals surface area (Å²) in [5, 5.41) is 3.32. The first-order valence-electron chi connectivity index (χ1n) is 6.61. The summed E-state index contributed by atoms with van der Waals surface area (Å²) < 4.78 is 19.7. The molecule has 0 fully saturated rings. The van der Waals surface area contributed by atoms with E-state index in [1.54, 1.807) is 12.1 Å². The molecule has 0 amide bonds. The molecule has 2 aromatic rings. The van der Waals surface area contributed by atoms with Crippen molar-refractivity contribution in [3.63, 3.8) is 0 Å². The molecule has 0 saturated heterocycles. The van der Waals surface area contributed by atoms with Crippen LogP contribution in [0.25, 0.3) is 0 Å². The normalized spacial score (nSPS) is 16.8. The van der Waals surface area contributed by atoms with Crippen molar-refractivity contribution in [3.8, 4) is 5.75 Å². The maximum absolute atomic E-state index is 13.4. The molecule has 104 valence electrons. The summed E-state index contributed by atoms with van der Waals surface area (Å²) in [4.78, 5) is 0. The average molecular weight is 336 g/mol. The van der Waals surface area contributed by atoms with Crippen LogP contribution in [0.1, 0.15) is 11.1 Å². The Balaban J connectivity index is 1.51. The van der Waals surface area contributed by atoms with Gasteiger partial charge in [0.05, 0.1) is 4.47 Å². The highest BCUT2D eigenvalue weighted by Gasteiger charge is 2.21. The topological polar surface area (TPSA) is 21.3 Å². The predicted molar refractivity (Wildman–Crippen MR) is 80.4 cm³/mol. The van der Waals surface area contributed by atoms with Crippen LogP contribution >= 0.6 is 15.9 Å². The third kappa shape index (κ3) is 3.02. The second kappa shape index (κ2) is 5.94. The van der Waals surface area contributed by atoms with Gasteiger partial charge in [0.15, 0.2) is 0 Å². The van der Waals surface area contributed by atoms with E-state index in [-0.39, 0.29) is 11.9 Å². The van der Waals surface area contributed by atoms with Gasteiger partial charge in [0.2, 0.25) is 0 Å². The lowest BCUT2D eigenvalue weighted by Crippen LogP contribution is -2.29. The van der Waals surface area contributed by atoms with Crippen molar-refractivity contribution >= 4 is 15.9 Å². The molecule has 20 heavy (non-hydrogen) atoms. The number of para-hydroxylation sites is 1. The van der Waals surface area contributed by atoms with Gasteiger partial charge in [-0.1, -0.05) is 24.3 Å². The smallest absolute Gasteiger partial charge is 0.137 e. The summed E-state index contributed by atoms with van der Waals surface area (Å²) in [5.41, 5.74) is 2.19. The van der Waals surface area contributed by atoms with Crippen LogP contribution in [-0.2, 0) is 13.0 Å². The molecule has 1 heterocycles. The van der Waals surface area contributed by atoms with E-state index in [1.807, 2.05) is 24.3 Å². The summed E-state index contributed by atoms with van der Waals surface area (Å²) in [5.74, 6) is 0.753. The molecular weight excluding hydrogens is 321 g/mol. The van der Waals surface area contributed by atoms with Crippen molar-refractivity contribution in [2.45, 2.75) is 19.1 Å². The Morgan fingerprint density at radius 3 is 2.90 bits per heavy atom. The molecule has 1 atom stereocenters. The standard InChI is InChI=1S/C16H15BrFNO/c17-14-6-5-11(7-15(14)18)9-19-10-13-8-12-3-1-2-4-16(12)20-13/h1-7,13,19H,8-10H2. The van der Waals surface area contributed by atoms with Gasteiger partial charge in [-0.15, -0.1) is 0 Å². The van der Waals surface area contributed by atoms with Crippen molar-refractivity contribution in [2.75, 3.05) is 6.54 Å². The van der Waals surface area contributed by atoms with Crippen LogP contribution in [0.15, 0.2) is 46.9 Å². The minimum absolute atomic E-state index is 0.160. The fourth-order valence-corrected chi connectivity index (χ4v) is 2.64. The summed E-state index contributed by atoms with van der Waals surface area (Å²) in [7, 11) is 0. The van der Waals surface area contributed by atoms with Crippen LogP contribution in [0.4, 0.5) is 4.39 Å². The first kappa shape index (κ1) is 13.6. The number of hydrogen-bond donors (Lipinski definition) is 1. The fourth-order valence-electron chi connectivity index (χ4n) is 2.39. The van der Waals surface area contributed by atoms with Crippen LogP contribution in [0.2, 0.25) is 0 Å². The summed E-state index contributed by atoms with van der Waals surface area (Å²) in [6.07, 6.45) is 1.09. The summed E-state index contributed by atoms with van der Waals surface area (Å²) >= 11 is 3.15. The monoisotopic (exact) mass is 335 g/mol. The van der Waals surface area contributed by atoms with Crippen molar-refractivity contribution in [2.24, 2.45) is 0 Å². The van der Waals surface area contributed by atoms with E-state index in [9.17, 15) is 4.39 Å². The predicted octanol–water partition coefficient (Wildman–Crippen LogP) is 3.68. The molecule has 2 aromatic carbocycles. The second-order valence-corrected chi connectivity index (χ2v) is 5.79. The van der Waals surface area contributed by atoms with Gasteiger partial charge in [-0.05, 0) is 45.3 Å². The Labute approximate surface area is 126 Å². The first-order chi connectivity index (χ1) is 9.72. The zero-order valence-electron chi connectivity index (χ0n) is 10.9. The molecule has 0 saturated carbocycles. The number of ether oxygens (including phenoxy) is 1. The molecule has 1 unspecified atom stereocenters. The van der Waals surface area contributed by atoms with Crippen LogP contribution in [-0.4, -0.2) is 12.6 Å². The third-order valence-electron chi connectivity index (χ3n) is 3.40. The number of benzene rings is 2. The molecule has 0 spiro atoms. The second-order valence-electron chi connectivity index (χ2n) is 4.93. The van der Waals surface area contributed by atoms with E-state index in [1.165, 1.54) is 5.56 Å². The molecule has 0 bridgehead atoms. The molecule has 0 aliphatic carbocycles. The zero-order chi connectivity index (χ0) is 13.9. The van der Waals surface area contributed by atoms with Crippen molar-refractivity contribution in [1.29, 1.82) is 0 Å². The lowest BCUT2D eigenvalue weighted by Gasteiger charge is -2.12. The summed E-state index contributed by atoms with van der Waals surface area (Å²) in [6.45, 7) is 1.40. The lowest BCUT2D eigenvalue weighted by atomic mass is 10.1. The minimum atomic E-state index is -0.228. The Morgan fingerprint density at radius 2 is 2.10 bits per heavy atom. The van der Waals surface area contributed by atoms with Gasteiger partial charge in [-0.3, -0.25) is 0 Å². The van der Waals surface area contributed by atoms with E-state index in [4.69, 9.17) is 4.74 Å². The highest BCUT2D eigenvalue weighted by Crippen LogP contribution is 2.27. The summed E-state index contributed by atoms with van der Waals surface area (Å²) in [6, 6.07) is 13.3.